The second-order valence-electron chi connectivity index (χ2n) is 8.89. The van der Waals surface area contributed by atoms with E-state index in [0.29, 0.717) is 0 Å². The molecule has 206 valence electrons. The fraction of sp³-hybridized carbons (Fsp3) is 0.259. The van der Waals surface area contributed by atoms with Crippen LogP contribution in [0.25, 0.3) is 0 Å². The van der Waals surface area contributed by atoms with Gasteiger partial charge in [-0.15, -0.1) is 11.3 Å². The van der Waals surface area contributed by atoms with Gasteiger partial charge < -0.3 is 35.3 Å². The van der Waals surface area contributed by atoms with E-state index in [4.69, 9.17) is 19.9 Å². The van der Waals surface area contributed by atoms with Crippen LogP contribution in [0.15, 0.2) is 72.1 Å². The molecule has 0 spiro atoms. The van der Waals surface area contributed by atoms with Crippen LogP contribution in [-0.4, -0.2) is 63.1 Å². The molecule has 3 aromatic rings. The summed E-state index contributed by atoms with van der Waals surface area (Å²) in [5.74, 6) is -4.82. The number of nitrogens with two attached hydrogens (primary N) is 1. The lowest BCUT2D eigenvalue weighted by molar-refractivity contribution is -0.166. The highest BCUT2D eigenvalue weighted by Crippen LogP contribution is 2.41. The first-order valence-corrected chi connectivity index (χ1v) is 12.5. The first-order valence-electron chi connectivity index (χ1n) is 11.6. The molecule has 0 saturated heterocycles. The zero-order valence-electron chi connectivity index (χ0n) is 20.9. The van der Waals surface area contributed by atoms with Crippen molar-refractivity contribution in [2.75, 3.05) is 0 Å². The number of aliphatic carboxylic acids is 2. The van der Waals surface area contributed by atoms with Crippen LogP contribution in [-0.2, 0) is 19.1 Å². The van der Waals surface area contributed by atoms with Crippen molar-refractivity contribution in [1.82, 2.24) is 0 Å². The number of aliphatic hydroxyl groups excluding tert-OH is 1. The van der Waals surface area contributed by atoms with Crippen LogP contribution in [0.4, 0.5) is 0 Å². The molecular formula is C27H27NO10S. The molecule has 4 rings (SSSR count). The highest BCUT2D eigenvalue weighted by molar-refractivity contribution is 7.10. The van der Waals surface area contributed by atoms with Gasteiger partial charge in [0.1, 0.15) is 17.5 Å². The van der Waals surface area contributed by atoms with E-state index < -0.39 is 47.8 Å². The standard InChI is InChI=1S/C18H14O8.C9H13NO2S/c19-15(20)13(25-17(23)11-7-3-1-4-8-11)14(16(21)22)26-18(24)12-9-5-2-6-10-12;1-9(2)8(11)6(10)7-5(12-9)3-4-13-7/h1-10,13-14H,(H,19,20)(H,21,22);3-4,6,8,11H,10H2,1-2H3/t13-,14-;6-,8+/m10/s1. The summed E-state index contributed by atoms with van der Waals surface area (Å²) in [6.07, 6.45) is -5.07. The van der Waals surface area contributed by atoms with Gasteiger partial charge in [0.15, 0.2) is 0 Å². The fourth-order valence-electron chi connectivity index (χ4n) is 3.55. The molecule has 1 aliphatic heterocycles. The van der Waals surface area contributed by atoms with E-state index in [-0.39, 0.29) is 17.2 Å². The number of hydrogen-bond acceptors (Lipinski definition) is 10. The fourth-order valence-corrected chi connectivity index (χ4v) is 4.40. The molecule has 12 heteroatoms. The Morgan fingerprint density at radius 3 is 1.69 bits per heavy atom. The van der Waals surface area contributed by atoms with Crippen molar-refractivity contribution in [1.29, 1.82) is 0 Å². The second kappa shape index (κ2) is 12.5. The molecule has 4 atom stereocenters. The van der Waals surface area contributed by atoms with Crippen LogP contribution in [0.2, 0.25) is 0 Å². The van der Waals surface area contributed by atoms with Crippen LogP contribution in [0.3, 0.4) is 0 Å². The summed E-state index contributed by atoms with van der Waals surface area (Å²) in [4.78, 5) is 47.8. The Morgan fingerprint density at radius 2 is 1.28 bits per heavy atom. The molecule has 0 unspecified atom stereocenters. The molecule has 2 heterocycles. The van der Waals surface area contributed by atoms with Gasteiger partial charge in [-0.25, -0.2) is 19.2 Å². The van der Waals surface area contributed by atoms with Crippen LogP contribution in [0, 0.1) is 0 Å². The lowest BCUT2D eigenvalue weighted by Gasteiger charge is -2.39. The van der Waals surface area contributed by atoms with Crippen molar-refractivity contribution < 1.29 is 48.7 Å². The molecule has 0 fully saturated rings. The molecule has 1 aromatic heterocycles. The van der Waals surface area contributed by atoms with Gasteiger partial charge in [0.05, 0.1) is 22.0 Å². The Morgan fingerprint density at radius 1 is 0.846 bits per heavy atom. The number of benzene rings is 2. The lowest BCUT2D eigenvalue weighted by Crippen LogP contribution is -2.50. The zero-order valence-corrected chi connectivity index (χ0v) is 21.7. The molecule has 0 amide bonds. The average molecular weight is 558 g/mol. The number of thiophene rings is 1. The Hall–Kier alpha value is -4.26. The third kappa shape index (κ3) is 7.19. The molecule has 0 saturated carbocycles. The topological polar surface area (TPSA) is 183 Å². The van der Waals surface area contributed by atoms with Gasteiger partial charge in [0.25, 0.3) is 0 Å². The van der Waals surface area contributed by atoms with E-state index in [1.165, 1.54) is 59.9 Å². The van der Waals surface area contributed by atoms with Gasteiger partial charge in [-0.1, -0.05) is 36.4 Å². The first-order chi connectivity index (χ1) is 18.4. The second-order valence-corrected chi connectivity index (χ2v) is 9.83. The third-order valence-corrected chi connectivity index (χ3v) is 6.63. The van der Waals surface area contributed by atoms with E-state index in [9.17, 15) is 34.5 Å². The summed E-state index contributed by atoms with van der Waals surface area (Å²) in [6, 6.07) is 16.4. The van der Waals surface area contributed by atoms with Gasteiger partial charge in [0.2, 0.25) is 12.2 Å². The number of fused-ring (bicyclic) bond motifs is 1. The maximum atomic E-state index is 12.0. The van der Waals surface area contributed by atoms with Crippen molar-refractivity contribution in [3.05, 3.63) is 88.1 Å². The maximum absolute atomic E-state index is 12.0. The van der Waals surface area contributed by atoms with Crippen molar-refractivity contribution in [2.24, 2.45) is 5.73 Å². The largest absolute Gasteiger partial charge is 0.484 e. The molecule has 2 aromatic carbocycles. The number of carbonyl (C=O) groups excluding carboxylic acids is 2. The number of ether oxygens (including phenoxy) is 3. The number of carbonyl (C=O) groups is 4. The minimum atomic E-state index is -2.21. The highest BCUT2D eigenvalue weighted by atomic mass is 32.1. The highest BCUT2D eigenvalue weighted by Gasteiger charge is 2.42. The summed E-state index contributed by atoms with van der Waals surface area (Å²) >= 11 is 1.53. The van der Waals surface area contributed by atoms with E-state index in [1.54, 1.807) is 12.1 Å². The SMILES string of the molecule is CC1(C)Oc2ccsc2[C@H](N)[C@H]1O.O=C(O[C@@H](C(=O)O)[C@@H](OC(=O)c1ccccc1)C(=O)O)c1ccccc1. The number of hydrogen-bond donors (Lipinski definition) is 4. The number of carboxylic acid groups (broad SMARTS) is 2. The molecular weight excluding hydrogens is 530 g/mol. The van der Waals surface area contributed by atoms with E-state index >= 15 is 0 Å². The Balaban J connectivity index is 0.000000268. The van der Waals surface area contributed by atoms with Crippen molar-refractivity contribution in [3.63, 3.8) is 0 Å². The molecule has 5 N–H and O–H groups in total. The summed E-state index contributed by atoms with van der Waals surface area (Å²) in [5, 5.41) is 30.2. The van der Waals surface area contributed by atoms with Crippen molar-refractivity contribution in [2.45, 2.75) is 43.8 Å². The average Bonchev–Trinajstić information content (AvgIpc) is 3.38. The maximum Gasteiger partial charge on any atom is 0.349 e. The molecule has 0 radical (unpaired) electrons. The molecule has 1 aliphatic rings. The zero-order chi connectivity index (χ0) is 28.7. The smallest absolute Gasteiger partial charge is 0.349 e. The number of aliphatic hydroxyl groups is 1. The molecule has 39 heavy (non-hydrogen) atoms. The number of rotatable bonds is 7. The summed E-state index contributed by atoms with van der Waals surface area (Å²) < 4.78 is 15.1. The quantitative estimate of drug-likeness (QED) is 0.313. The third-order valence-electron chi connectivity index (χ3n) is 5.63. The lowest BCUT2D eigenvalue weighted by atomic mass is 9.91. The van der Waals surface area contributed by atoms with Crippen LogP contribution >= 0.6 is 11.3 Å². The van der Waals surface area contributed by atoms with E-state index in [2.05, 4.69) is 0 Å². The molecule has 0 bridgehead atoms. The van der Waals surface area contributed by atoms with Crippen molar-refractivity contribution in [3.8, 4) is 5.75 Å². The van der Waals surface area contributed by atoms with Gasteiger partial charge in [-0.2, -0.15) is 0 Å². The number of carboxylic acids is 2. The van der Waals surface area contributed by atoms with Crippen molar-refractivity contribution >= 4 is 35.2 Å². The predicted molar refractivity (Wildman–Crippen MR) is 139 cm³/mol. The van der Waals surface area contributed by atoms with Crippen LogP contribution in [0.1, 0.15) is 45.5 Å². The Labute approximate surface area is 227 Å². The van der Waals surface area contributed by atoms with Gasteiger partial charge in [-0.05, 0) is 49.6 Å². The normalized spacial score (nSPS) is 18.6. The summed E-state index contributed by atoms with van der Waals surface area (Å²) in [5.41, 5.74) is 5.35. The van der Waals surface area contributed by atoms with E-state index in [0.717, 1.165) is 10.6 Å². The predicted octanol–water partition coefficient (Wildman–Crippen LogP) is 2.89. The number of esters is 2. The monoisotopic (exact) mass is 557 g/mol. The van der Waals surface area contributed by atoms with Crippen LogP contribution in [0.5, 0.6) is 5.75 Å². The first kappa shape index (κ1) is 29.3. The minimum absolute atomic E-state index is 0.0253. The summed E-state index contributed by atoms with van der Waals surface area (Å²) in [7, 11) is 0. The molecule has 0 aliphatic carbocycles. The summed E-state index contributed by atoms with van der Waals surface area (Å²) in [6.45, 7) is 3.69. The van der Waals surface area contributed by atoms with Gasteiger partial charge in [-0.3, -0.25) is 0 Å². The van der Waals surface area contributed by atoms with Crippen LogP contribution < -0.4 is 10.5 Å². The Kier molecular flexibility index (Phi) is 9.41. The molecule has 11 nitrogen and oxygen atoms in total. The minimum Gasteiger partial charge on any atom is -0.484 e. The van der Waals surface area contributed by atoms with E-state index in [1.807, 2.05) is 25.3 Å². The van der Waals surface area contributed by atoms with Gasteiger partial charge in [0, 0.05) is 0 Å². The Bertz CT molecular complexity index is 1240. The van der Waals surface area contributed by atoms with Gasteiger partial charge >= 0.3 is 23.9 Å².